The molecule has 0 unspecified atom stereocenters. The van der Waals surface area contributed by atoms with Gasteiger partial charge in [0.25, 0.3) is 0 Å². The highest BCUT2D eigenvalue weighted by Gasteiger charge is 2.01. The fourth-order valence-electron chi connectivity index (χ4n) is 2.53. The Kier molecular flexibility index (Phi) is 9.27. The molecule has 3 aromatic rings. The van der Waals surface area contributed by atoms with Gasteiger partial charge in [0, 0.05) is 19.8 Å². The monoisotopic (exact) mass is 488 g/mol. The van der Waals surface area contributed by atoms with Gasteiger partial charge in [-0.05, 0) is 35.4 Å². The molecule has 1 aromatic heterocycles. The van der Waals surface area contributed by atoms with Crippen molar-refractivity contribution in [2.45, 2.75) is 19.7 Å². The van der Waals surface area contributed by atoms with E-state index in [0.717, 1.165) is 28.5 Å². The van der Waals surface area contributed by atoms with Crippen LogP contribution in [0, 0.1) is 0 Å². The van der Waals surface area contributed by atoms with Crippen LogP contribution in [0.15, 0.2) is 84.0 Å². The van der Waals surface area contributed by atoms with Crippen LogP contribution in [-0.2, 0) is 19.7 Å². The number of pyridine rings is 1. The number of rotatable bonds is 7. The predicted molar refractivity (Wildman–Crippen MR) is 124 cm³/mol. The molecular weight excluding hydrogens is 463 g/mol. The Bertz CT molecular complexity index is 839. The minimum atomic E-state index is 0. The third-order valence-electron chi connectivity index (χ3n) is 4.02. The minimum absolute atomic E-state index is 0. The standard InChI is InChI=1S/C22H24N4O.HI/c1-23-22(26-16-20-9-5-6-14-24-20)25-15-18-10-12-21(13-11-18)27-17-19-7-3-2-4-8-19;/h2-14H,15-17H2,1H3,(H2,23,25,26);1H. The molecule has 0 aliphatic heterocycles. The molecule has 0 aliphatic rings. The van der Waals surface area contributed by atoms with Crippen LogP contribution >= 0.6 is 24.0 Å². The van der Waals surface area contributed by atoms with E-state index in [9.17, 15) is 0 Å². The van der Waals surface area contributed by atoms with E-state index in [0.29, 0.717) is 19.7 Å². The maximum absolute atomic E-state index is 5.82. The predicted octanol–water partition coefficient (Wildman–Crippen LogP) is 4.14. The van der Waals surface area contributed by atoms with Gasteiger partial charge in [0.05, 0.1) is 12.2 Å². The number of nitrogens with zero attached hydrogens (tertiary/aromatic N) is 2. The van der Waals surface area contributed by atoms with Gasteiger partial charge in [-0.2, -0.15) is 0 Å². The molecule has 2 N–H and O–H groups in total. The number of hydrogen-bond acceptors (Lipinski definition) is 3. The second kappa shape index (κ2) is 12.0. The lowest BCUT2D eigenvalue weighted by Gasteiger charge is -2.12. The molecule has 146 valence electrons. The highest BCUT2D eigenvalue weighted by Crippen LogP contribution is 2.14. The van der Waals surface area contributed by atoms with Gasteiger partial charge in [0.15, 0.2) is 5.96 Å². The van der Waals surface area contributed by atoms with Crippen molar-refractivity contribution in [3.8, 4) is 5.75 Å². The van der Waals surface area contributed by atoms with Gasteiger partial charge in [0.1, 0.15) is 12.4 Å². The number of aliphatic imine (C=N–C) groups is 1. The molecule has 0 saturated carbocycles. The summed E-state index contributed by atoms with van der Waals surface area (Å²) in [5, 5.41) is 6.56. The van der Waals surface area contributed by atoms with Gasteiger partial charge in [-0.3, -0.25) is 9.98 Å². The molecule has 0 atom stereocenters. The largest absolute Gasteiger partial charge is 0.489 e. The molecule has 3 rings (SSSR count). The second-order valence-corrected chi connectivity index (χ2v) is 6.02. The molecule has 5 nitrogen and oxygen atoms in total. The van der Waals surface area contributed by atoms with E-state index in [1.54, 1.807) is 13.2 Å². The van der Waals surface area contributed by atoms with Crippen LogP contribution in [0.4, 0.5) is 0 Å². The number of halogens is 1. The Balaban J connectivity index is 0.00000280. The van der Waals surface area contributed by atoms with Gasteiger partial charge in [-0.25, -0.2) is 0 Å². The van der Waals surface area contributed by atoms with Crippen LogP contribution in [0.1, 0.15) is 16.8 Å². The molecule has 1 heterocycles. The van der Waals surface area contributed by atoms with E-state index < -0.39 is 0 Å². The van der Waals surface area contributed by atoms with Crippen molar-refractivity contribution in [1.82, 2.24) is 15.6 Å². The van der Waals surface area contributed by atoms with Crippen LogP contribution in [0.3, 0.4) is 0 Å². The molecule has 6 heteroatoms. The smallest absolute Gasteiger partial charge is 0.191 e. The Morgan fingerprint density at radius 3 is 2.25 bits per heavy atom. The van der Waals surface area contributed by atoms with Gasteiger partial charge < -0.3 is 15.4 Å². The van der Waals surface area contributed by atoms with Crippen LogP contribution in [-0.4, -0.2) is 18.0 Å². The van der Waals surface area contributed by atoms with Crippen molar-refractivity contribution in [2.24, 2.45) is 4.99 Å². The lowest BCUT2D eigenvalue weighted by molar-refractivity contribution is 0.306. The highest BCUT2D eigenvalue weighted by molar-refractivity contribution is 14.0. The number of nitrogens with one attached hydrogen (secondary N) is 2. The average molecular weight is 488 g/mol. The molecule has 0 bridgehead atoms. The number of ether oxygens (including phenoxy) is 1. The molecule has 0 saturated heterocycles. The van der Waals surface area contributed by atoms with Crippen LogP contribution < -0.4 is 15.4 Å². The zero-order chi connectivity index (χ0) is 18.7. The van der Waals surface area contributed by atoms with Crippen molar-refractivity contribution < 1.29 is 4.74 Å². The summed E-state index contributed by atoms with van der Waals surface area (Å²) in [6, 6.07) is 24.1. The maximum Gasteiger partial charge on any atom is 0.191 e. The van der Waals surface area contributed by atoms with Gasteiger partial charge in [-0.15, -0.1) is 24.0 Å². The summed E-state index contributed by atoms with van der Waals surface area (Å²) in [6.45, 7) is 1.89. The van der Waals surface area contributed by atoms with Crippen molar-refractivity contribution in [3.63, 3.8) is 0 Å². The Morgan fingerprint density at radius 2 is 1.57 bits per heavy atom. The first-order valence-electron chi connectivity index (χ1n) is 8.93. The Hall–Kier alpha value is -2.61. The SMILES string of the molecule is CN=C(NCc1ccc(OCc2ccccc2)cc1)NCc1ccccn1.I. The lowest BCUT2D eigenvalue weighted by atomic mass is 10.2. The van der Waals surface area contributed by atoms with Crippen LogP contribution in [0.25, 0.3) is 0 Å². The van der Waals surface area contributed by atoms with Crippen molar-refractivity contribution >= 4 is 29.9 Å². The Labute approximate surface area is 183 Å². The highest BCUT2D eigenvalue weighted by atomic mass is 127. The Morgan fingerprint density at radius 1 is 0.857 bits per heavy atom. The number of guanidine groups is 1. The van der Waals surface area contributed by atoms with E-state index in [4.69, 9.17) is 4.74 Å². The van der Waals surface area contributed by atoms with E-state index in [1.165, 1.54) is 0 Å². The molecular formula is C22H25IN4O. The fourth-order valence-corrected chi connectivity index (χ4v) is 2.53. The minimum Gasteiger partial charge on any atom is -0.489 e. The lowest BCUT2D eigenvalue weighted by Crippen LogP contribution is -2.36. The van der Waals surface area contributed by atoms with Crippen LogP contribution in [0.5, 0.6) is 5.75 Å². The maximum atomic E-state index is 5.82. The van der Waals surface area contributed by atoms with E-state index >= 15 is 0 Å². The van der Waals surface area contributed by atoms with Gasteiger partial charge in [-0.1, -0.05) is 48.5 Å². The fraction of sp³-hybridized carbons (Fsp3) is 0.182. The average Bonchev–Trinajstić information content (AvgIpc) is 2.74. The molecule has 0 radical (unpaired) electrons. The molecule has 0 aliphatic carbocycles. The second-order valence-electron chi connectivity index (χ2n) is 6.02. The quantitative estimate of drug-likeness (QED) is 0.298. The molecule has 0 spiro atoms. The van der Waals surface area contributed by atoms with E-state index in [2.05, 4.69) is 44.9 Å². The first kappa shape index (κ1) is 21.7. The summed E-state index contributed by atoms with van der Waals surface area (Å²) in [7, 11) is 1.76. The number of aromatic nitrogens is 1. The summed E-state index contributed by atoms with van der Waals surface area (Å²) < 4.78 is 5.82. The summed E-state index contributed by atoms with van der Waals surface area (Å²) in [5.41, 5.74) is 3.29. The third-order valence-corrected chi connectivity index (χ3v) is 4.02. The number of benzene rings is 2. The number of hydrogen-bond donors (Lipinski definition) is 2. The summed E-state index contributed by atoms with van der Waals surface area (Å²) in [5.74, 6) is 1.60. The zero-order valence-electron chi connectivity index (χ0n) is 15.8. The van der Waals surface area contributed by atoms with E-state index in [1.807, 2.05) is 48.5 Å². The van der Waals surface area contributed by atoms with Crippen LogP contribution in [0.2, 0.25) is 0 Å². The van der Waals surface area contributed by atoms with Gasteiger partial charge in [0.2, 0.25) is 0 Å². The van der Waals surface area contributed by atoms with Crippen molar-refractivity contribution in [1.29, 1.82) is 0 Å². The van der Waals surface area contributed by atoms with Gasteiger partial charge >= 0.3 is 0 Å². The molecule has 0 fully saturated rings. The first-order valence-corrected chi connectivity index (χ1v) is 8.93. The topological polar surface area (TPSA) is 58.5 Å². The third kappa shape index (κ3) is 7.19. The summed E-state index contributed by atoms with van der Waals surface area (Å²) in [6.07, 6.45) is 1.79. The molecule has 28 heavy (non-hydrogen) atoms. The van der Waals surface area contributed by atoms with Crippen molar-refractivity contribution in [3.05, 3.63) is 95.8 Å². The van der Waals surface area contributed by atoms with Crippen molar-refractivity contribution in [2.75, 3.05) is 7.05 Å². The summed E-state index contributed by atoms with van der Waals surface area (Å²) >= 11 is 0. The first-order chi connectivity index (χ1) is 13.3. The molecule has 0 amide bonds. The summed E-state index contributed by atoms with van der Waals surface area (Å²) in [4.78, 5) is 8.53. The normalized spacial score (nSPS) is 10.7. The molecule has 2 aromatic carbocycles. The van der Waals surface area contributed by atoms with E-state index in [-0.39, 0.29) is 24.0 Å². The zero-order valence-corrected chi connectivity index (χ0v) is 18.2.